The Labute approximate surface area is 155 Å². The van der Waals surface area contributed by atoms with Gasteiger partial charge >= 0.3 is 0 Å². The predicted molar refractivity (Wildman–Crippen MR) is 101 cm³/mol. The van der Waals surface area contributed by atoms with Crippen LogP contribution in [-0.2, 0) is 4.79 Å². The van der Waals surface area contributed by atoms with Gasteiger partial charge in [-0.15, -0.1) is 24.8 Å². The van der Waals surface area contributed by atoms with Crippen LogP contribution in [0.5, 0.6) is 11.5 Å². The molecule has 2 rings (SSSR count). The maximum Gasteiger partial charge on any atom is 0.221 e. The first-order valence-electron chi connectivity index (χ1n) is 7.54. The number of hydrogen-bond acceptors (Lipinski definition) is 5. The molecule has 1 aromatic rings. The van der Waals surface area contributed by atoms with Gasteiger partial charge in [0.2, 0.25) is 5.91 Å². The number of hydrogen-bond donors (Lipinski definition) is 2. The molecule has 0 saturated carbocycles. The zero-order chi connectivity index (χ0) is 16.1. The summed E-state index contributed by atoms with van der Waals surface area (Å²) in [5.74, 6) is 1.54. The zero-order valence-electron chi connectivity index (χ0n) is 14.3. The van der Waals surface area contributed by atoms with E-state index in [9.17, 15) is 4.79 Å². The number of halogens is 2. The molecule has 0 radical (unpaired) electrons. The van der Waals surface area contributed by atoms with E-state index in [0.29, 0.717) is 6.42 Å². The van der Waals surface area contributed by atoms with Crippen LogP contribution in [0, 0.1) is 0 Å². The summed E-state index contributed by atoms with van der Waals surface area (Å²) in [4.78, 5) is 14.0. The monoisotopic (exact) mass is 379 g/mol. The van der Waals surface area contributed by atoms with Gasteiger partial charge in [-0.3, -0.25) is 4.79 Å². The Bertz CT molecular complexity index is 507. The van der Waals surface area contributed by atoms with Crippen molar-refractivity contribution in [3.8, 4) is 11.5 Å². The number of carbonyl (C=O) groups is 1. The van der Waals surface area contributed by atoms with Crippen molar-refractivity contribution in [3.05, 3.63) is 18.2 Å². The van der Waals surface area contributed by atoms with Crippen molar-refractivity contribution in [1.29, 1.82) is 0 Å². The third-order valence-electron chi connectivity index (χ3n) is 3.76. The van der Waals surface area contributed by atoms with Crippen LogP contribution in [-0.4, -0.2) is 45.3 Å². The molecule has 1 aliphatic heterocycles. The lowest BCUT2D eigenvalue weighted by atomic mass is 10.2. The molecule has 1 saturated heterocycles. The van der Waals surface area contributed by atoms with Crippen molar-refractivity contribution in [3.63, 3.8) is 0 Å². The van der Waals surface area contributed by atoms with Gasteiger partial charge in [0.15, 0.2) is 0 Å². The van der Waals surface area contributed by atoms with Crippen molar-refractivity contribution >= 4 is 36.4 Å². The molecule has 1 heterocycles. The zero-order valence-corrected chi connectivity index (χ0v) is 15.9. The minimum Gasteiger partial charge on any atom is -0.497 e. The van der Waals surface area contributed by atoms with Gasteiger partial charge in [0.25, 0.3) is 0 Å². The van der Waals surface area contributed by atoms with E-state index in [2.05, 4.69) is 10.2 Å². The third kappa shape index (κ3) is 6.26. The van der Waals surface area contributed by atoms with Crippen molar-refractivity contribution < 1.29 is 14.3 Å². The molecular formula is C16H27Cl2N3O3. The fourth-order valence-corrected chi connectivity index (χ4v) is 2.67. The van der Waals surface area contributed by atoms with Crippen molar-refractivity contribution in [2.75, 3.05) is 32.2 Å². The summed E-state index contributed by atoms with van der Waals surface area (Å²) in [7, 11) is 3.28. The summed E-state index contributed by atoms with van der Waals surface area (Å²) in [6.07, 6.45) is 1.29. The van der Waals surface area contributed by atoms with Gasteiger partial charge in [0, 0.05) is 55.5 Å². The van der Waals surface area contributed by atoms with Crippen molar-refractivity contribution in [1.82, 2.24) is 5.32 Å². The Morgan fingerprint density at radius 2 is 1.88 bits per heavy atom. The molecule has 8 heteroatoms. The first-order chi connectivity index (χ1) is 10.5. The van der Waals surface area contributed by atoms with E-state index in [1.165, 1.54) is 0 Å². The number of nitrogens with zero attached hydrogens (tertiary/aromatic N) is 1. The average molecular weight is 380 g/mol. The molecule has 1 fully saturated rings. The number of amides is 1. The molecule has 0 aliphatic carbocycles. The van der Waals surface area contributed by atoms with Crippen LogP contribution >= 0.6 is 24.8 Å². The van der Waals surface area contributed by atoms with Crippen LogP contribution < -0.4 is 25.4 Å². The number of benzene rings is 1. The Hall–Kier alpha value is -1.37. The summed E-state index contributed by atoms with van der Waals surface area (Å²) >= 11 is 0. The Morgan fingerprint density at radius 1 is 1.29 bits per heavy atom. The number of nitrogens with two attached hydrogens (primary N) is 1. The Morgan fingerprint density at radius 3 is 2.38 bits per heavy atom. The number of methoxy groups -OCH3 is 2. The van der Waals surface area contributed by atoms with Crippen molar-refractivity contribution in [2.45, 2.75) is 31.8 Å². The SMILES string of the molecule is COc1cc(OC)cc(N2CCC(NC(=O)CC(C)N)C2)c1.Cl.Cl. The standard InChI is InChI=1S/C16H25N3O3.2ClH/c1-11(17)6-16(20)18-12-4-5-19(10-12)13-7-14(21-2)9-15(8-13)22-3;;/h7-9,11-12H,4-6,10,17H2,1-3H3,(H,18,20);2*1H. The van der Waals surface area contributed by atoms with Crippen LogP contribution in [0.3, 0.4) is 0 Å². The molecular weight excluding hydrogens is 353 g/mol. The normalized spacial score (nSPS) is 17.3. The summed E-state index contributed by atoms with van der Waals surface area (Å²) in [5.41, 5.74) is 6.69. The first-order valence-corrected chi connectivity index (χ1v) is 7.54. The van der Waals surface area contributed by atoms with E-state index in [-0.39, 0.29) is 42.8 Å². The first kappa shape index (κ1) is 22.6. The van der Waals surface area contributed by atoms with Gasteiger partial charge in [-0.1, -0.05) is 0 Å². The number of carbonyl (C=O) groups excluding carboxylic acids is 1. The summed E-state index contributed by atoms with van der Waals surface area (Å²) in [6, 6.07) is 5.86. The molecule has 2 unspecified atom stereocenters. The maximum absolute atomic E-state index is 11.8. The van der Waals surface area contributed by atoms with E-state index in [0.717, 1.165) is 36.7 Å². The quantitative estimate of drug-likeness (QED) is 0.789. The smallest absolute Gasteiger partial charge is 0.221 e. The average Bonchev–Trinajstić information content (AvgIpc) is 2.94. The molecule has 2 atom stereocenters. The van der Waals surface area contributed by atoms with E-state index in [4.69, 9.17) is 15.2 Å². The van der Waals surface area contributed by atoms with Crippen LogP contribution in [0.25, 0.3) is 0 Å². The largest absolute Gasteiger partial charge is 0.497 e. The van der Waals surface area contributed by atoms with Gasteiger partial charge in [0.1, 0.15) is 11.5 Å². The Kier molecular flexibility index (Phi) is 9.89. The van der Waals surface area contributed by atoms with Gasteiger partial charge < -0.3 is 25.4 Å². The number of nitrogens with one attached hydrogen (secondary N) is 1. The fourth-order valence-electron chi connectivity index (χ4n) is 2.67. The Balaban J connectivity index is 0.00000264. The van der Waals surface area contributed by atoms with Crippen LogP contribution in [0.15, 0.2) is 18.2 Å². The minimum atomic E-state index is -0.111. The maximum atomic E-state index is 11.8. The van der Waals surface area contributed by atoms with Gasteiger partial charge in [-0.2, -0.15) is 0 Å². The molecule has 6 nitrogen and oxygen atoms in total. The van der Waals surface area contributed by atoms with Crippen LogP contribution in [0.1, 0.15) is 19.8 Å². The van der Waals surface area contributed by atoms with Gasteiger partial charge in [-0.25, -0.2) is 0 Å². The lowest BCUT2D eigenvalue weighted by Crippen LogP contribution is -2.39. The minimum absolute atomic E-state index is 0. The van der Waals surface area contributed by atoms with E-state index in [1.54, 1.807) is 14.2 Å². The second-order valence-electron chi connectivity index (χ2n) is 5.75. The van der Waals surface area contributed by atoms with Gasteiger partial charge in [0.05, 0.1) is 14.2 Å². The molecule has 0 spiro atoms. The molecule has 138 valence electrons. The summed E-state index contributed by atoms with van der Waals surface area (Å²) in [6.45, 7) is 3.50. The van der Waals surface area contributed by atoms with E-state index in [1.807, 2.05) is 25.1 Å². The van der Waals surface area contributed by atoms with Crippen LogP contribution in [0.4, 0.5) is 5.69 Å². The molecule has 0 aromatic heterocycles. The van der Waals surface area contributed by atoms with Crippen molar-refractivity contribution in [2.24, 2.45) is 5.73 Å². The number of rotatable bonds is 6. The fraction of sp³-hybridized carbons (Fsp3) is 0.562. The molecule has 24 heavy (non-hydrogen) atoms. The third-order valence-corrected chi connectivity index (χ3v) is 3.76. The highest BCUT2D eigenvalue weighted by Crippen LogP contribution is 2.30. The predicted octanol–water partition coefficient (Wildman–Crippen LogP) is 1.98. The van der Waals surface area contributed by atoms with E-state index >= 15 is 0 Å². The highest BCUT2D eigenvalue weighted by molar-refractivity contribution is 5.85. The lowest BCUT2D eigenvalue weighted by Gasteiger charge is -2.20. The summed E-state index contributed by atoms with van der Waals surface area (Å²) in [5, 5.41) is 3.04. The highest BCUT2D eigenvalue weighted by Gasteiger charge is 2.25. The van der Waals surface area contributed by atoms with E-state index < -0.39 is 0 Å². The number of ether oxygens (including phenoxy) is 2. The topological polar surface area (TPSA) is 76.8 Å². The second-order valence-corrected chi connectivity index (χ2v) is 5.75. The summed E-state index contributed by atoms with van der Waals surface area (Å²) < 4.78 is 10.6. The number of anilines is 1. The molecule has 0 bridgehead atoms. The lowest BCUT2D eigenvalue weighted by molar-refractivity contribution is -0.121. The highest BCUT2D eigenvalue weighted by atomic mass is 35.5. The van der Waals surface area contributed by atoms with Gasteiger partial charge in [-0.05, 0) is 13.3 Å². The molecule has 1 amide bonds. The second kappa shape index (κ2) is 10.5. The molecule has 3 N–H and O–H groups in total. The molecule has 1 aliphatic rings. The molecule has 1 aromatic carbocycles. The van der Waals surface area contributed by atoms with Crippen LogP contribution in [0.2, 0.25) is 0 Å².